The summed E-state index contributed by atoms with van der Waals surface area (Å²) in [6.45, 7) is 10.1. The van der Waals surface area contributed by atoms with E-state index >= 15 is 0 Å². The summed E-state index contributed by atoms with van der Waals surface area (Å²) < 4.78 is 23.2. The molecule has 0 spiro atoms. The van der Waals surface area contributed by atoms with E-state index in [9.17, 15) is 9.59 Å². The van der Waals surface area contributed by atoms with Crippen LogP contribution in [0.15, 0.2) is 48.5 Å². The lowest BCUT2D eigenvalue weighted by Gasteiger charge is -2.22. The molecular weight excluding hydrogens is 412 g/mol. The Morgan fingerprint density at radius 1 is 0.903 bits per heavy atom. The van der Waals surface area contributed by atoms with E-state index in [1.807, 2.05) is 38.1 Å². The maximum atomic E-state index is 12.6. The fraction of sp³-hybridized carbons (Fsp3) is 0.417. The molecule has 3 rings (SSSR count). The Morgan fingerprint density at radius 2 is 1.42 bits per heavy atom. The average Bonchev–Trinajstić information content (AvgIpc) is 3.06. The van der Waals surface area contributed by atoms with Crippen LogP contribution in [-0.4, -0.2) is 45.4 Å². The summed E-state index contributed by atoms with van der Waals surface area (Å²) in [6, 6.07) is 14.3. The number of esters is 2. The van der Waals surface area contributed by atoms with E-state index in [0.717, 1.165) is 11.1 Å². The molecule has 1 aliphatic heterocycles. The first-order valence-electron chi connectivity index (χ1n) is 10.5. The zero-order chi connectivity index (χ0) is 22.6. The van der Waals surface area contributed by atoms with E-state index in [2.05, 4.69) is 19.6 Å². The number of rotatable bonds is 7. The summed E-state index contributed by atoms with van der Waals surface area (Å²) in [5.74, 6) is -0.876. The van der Waals surface area contributed by atoms with Gasteiger partial charge >= 0.3 is 11.9 Å². The van der Waals surface area contributed by atoms with Crippen LogP contribution in [0.25, 0.3) is 0 Å². The third kappa shape index (κ3) is 6.75. The molecule has 1 saturated heterocycles. The van der Waals surface area contributed by atoms with Crippen molar-refractivity contribution < 1.29 is 28.2 Å². The van der Waals surface area contributed by atoms with Gasteiger partial charge in [0.25, 0.3) is 0 Å². The Kier molecular flexibility index (Phi) is 7.30. The van der Waals surface area contributed by atoms with Gasteiger partial charge in [-0.15, -0.1) is 0 Å². The monoisotopic (exact) mass is 442 g/mol. The number of carbonyl (C=O) groups is 2. The van der Waals surface area contributed by atoms with E-state index in [-0.39, 0.29) is 6.61 Å². The molecule has 3 atom stereocenters. The van der Waals surface area contributed by atoms with Gasteiger partial charge in [0.2, 0.25) is 0 Å². The molecule has 0 aromatic heterocycles. The zero-order valence-corrected chi connectivity index (χ0v) is 19.7. The van der Waals surface area contributed by atoms with Gasteiger partial charge in [0.1, 0.15) is 18.8 Å². The summed E-state index contributed by atoms with van der Waals surface area (Å²) in [4.78, 5) is 25.0. The van der Waals surface area contributed by atoms with Crippen molar-refractivity contribution in [3.8, 4) is 0 Å². The van der Waals surface area contributed by atoms with Crippen LogP contribution in [-0.2, 0) is 18.6 Å². The summed E-state index contributed by atoms with van der Waals surface area (Å²) in [5.41, 5.74) is 3.05. The molecule has 2 aromatic rings. The smallest absolute Gasteiger partial charge is 0.338 e. The Labute approximate surface area is 184 Å². The molecule has 1 fully saturated rings. The molecule has 0 bridgehead atoms. The van der Waals surface area contributed by atoms with Crippen LogP contribution in [0.5, 0.6) is 0 Å². The number of carbonyl (C=O) groups excluding carboxylic acids is 2. The van der Waals surface area contributed by atoms with Crippen LogP contribution >= 0.6 is 0 Å². The van der Waals surface area contributed by atoms with Gasteiger partial charge in [-0.1, -0.05) is 35.4 Å². The van der Waals surface area contributed by atoms with Gasteiger partial charge in [-0.05, 0) is 57.8 Å². The van der Waals surface area contributed by atoms with Crippen molar-refractivity contribution in [2.75, 3.05) is 6.61 Å². The molecule has 0 radical (unpaired) electrons. The van der Waals surface area contributed by atoms with Gasteiger partial charge in [-0.3, -0.25) is 0 Å². The van der Waals surface area contributed by atoms with Crippen molar-refractivity contribution in [1.29, 1.82) is 0 Å². The number of ether oxygens (including phenoxy) is 3. The Hall–Kier alpha value is -2.48. The van der Waals surface area contributed by atoms with Crippen LogP contribution in [0.1, 0.15) is 38.3 Å². The second-order valence-electron chi connectivity index (χ2n) is 8.84. The molecule has 0 saturated carbocycles. The van der Waals surface area contributed by atoms with Gasteiger partial charge in [0.15, 0.2) is 14.6 Å². The SMILES string of the molecule is Cc1ccc(C(=O)OC[C@H]2OC(O[Si](C)(C)C)C[C@@H]2OC(=O)c2ccc(C)cc2)cc1. The van der Waals surface area contributed by atoms with Gasteiger partial charge in [-0.2, -0.15) is 0 Å². The van der Waals surface area contributed by atoms with E-state index in [1.165, 1.54) is 0 Å². The molecule has 0 aliphatic carbocycles. The maximum Gasteiger partial charge on any atom is 0.338 e. The van der Waals surface area contributed by atoms with E-state index in [0.29, 0.717) is 17.5 Å². The van der Waals surface area contributed by atoms with Gasteiger partial charge in [0.05, 0.1) is 11.1 Å². The molecule has 1 aliphatic rings. The topological polar surface area (TPSA) is 71.1 Å². The standard InChI is InChI=1S/C24H30O6Si/c1-16-6-10-18(11-7-16)23(25)27-15-21-20(14-22(28-21)30-31(3,4)5)29-24(26)19-12-8-17(2)9-13-19/h6-13,20-22H,14-15H2,1-5H3/t20-,21+,22?/m0/s1. The lowest BCUT2D eigenvalue weighted by Crippen LogP contribution is -2.33. The predicted octanol–water partition coefficient (Wildman–Crippen LogP) is 4.65. The Bertz CT molecular complexity index is 901. The first-order chi connectivity index (χ1) is 14.6. The minimum absolute atomic E-state index is 0.0237. The van der Waals surface area contributed by atoms with Crippen LogP contribution in [0.2, 0.25) is 19.6 Å². The van der Waals surface area contributed by atoms with Crippen molar-refractivity contribution in [2.45, 2.75) is 58.4 Å². The highest BCUT2D eigenvalue weighted by molar-refractivity contribution is 6.69. The van der Waals surface area contributed by atoms with Crippen molar-refractivity contribution in [3.05, 3.63) is 70.8 Å². The highest BCUT2D eigenvalue weighted by Crippen LogP contribution is 2.28. The van der Waals surface area contributed by atoms with Gasteiger partial charge in [-0.25, -0.2) is 9.59 Å². The molecular formula is C24H30O6Si. The highest BCUT2D eigenvalue weighted by Gasteiger charge is 2.41. The maximum absolute atomic E-state index is 12.6. The highest BCUT2D eigenvalue weighted by atomic mass is 28.4. The molecule has 6 nitrogen and oxygen atoms in total. The third-order valence-corrected chi connectivity index (χ3v) is 5.83. The molecule has 1 unspecified atom stereocenters. The number of hydrogen-bond donors (Lipinski definition) is 0. The lowest BCUT2D eigenvalue weighted by molar-refractivity contribution is -0.101. The molecule has 0 amide bonds. The summed E-state index contributed by atoms with van der Waals surface area (Å²) in [6.07, 6.45) is -1.26. The predicted molar refractivity (Wildman–Crippen MR) is 120 cm³/mol. The fourth-order valence-corrected chi connectivity index (χ4v) is 4.19. The van der Waals surface area contributed by atoms with Gasteiger partial charge < -0.3 is 18.6 Å². The molecule has 0 N–H and O–H groups in total. The molecule has 31 heavy (non-hydrogen) atoms. The van der Waals surface area contributed by atoms with Crippen molar-refractivity contribution >= 4 is 20.3 Å². The van der Waals surface area contributed by atoms with Crippen molar-refractivity contribution in [1.82, 2.24) is 0 Å². The minimum Gasteiger partial charge on any atom is -0.459 e. The van der Waals surface area contributed by atoms with E-state index in [4.69, 9.17) is 18.6 Å². The molecule has 1 heterocycles. The minimum atomic E-state index is -1.87. The first kappa shape index (κ1) is 23.2. The second-order valence-corrected chi connectivity index (χ2v) is 13.3. The van der Waals surface area contributed by atoms with Crippen LogP contribution in [0.3, 0.4) is 0 Å². The van der Waals surface area contributed by atoms with Crippen LogP contribution in [0.4, 0.5) is 0 Å². The third-order valence-electron chi connectivity index (χ3n) is 4.86. The largest absolute Gasteiger partial charge is 0.459 e. The fourth-order valence-electron chi connectivity index (χ4n) is 3.25. The quantitative estimate of drug-likeness (QED) is 0.459. The van der Waals surface area contributed by atoms with Crippen molar-refractivity contribution in [3.63, 3.8) is 0 Å². The number of benzene rings is 2. The molecule has 2 aromatic carbocycles. The number of aryl methyl sites for hydroxylation is 2. The van der Waals surface area contributed by atoms with Crippen molar-refractivity contribution in [2.24, 2.45) is 0 Å². The summed E-state index contributed by atoms with van der Waals surface area (Å²) in [5, 5.41) is 0. The van der Waals surface area contributed by atoms with E-state index < -0.39 is 38.8 Å². The average molecular weight is 443 g/mol. The van der Waals surface area contributed by atoms with Crippen LogP contribution < -0.4 is 0 Å². The van der Waals surface area contributed by atoms with Crippen LogP contribution in [0, 0.1) is 13.8 Å². The Morgan fingerprint density at radius 3 is 1.94 bits per heavy atom. The number of hydrogen-bond acceptors (Lipinski definition) is 6. The summed E-state index contributed by atoms with van der Waals surface area (Å²) in [7, 11) is -1.87. The molecule has 7 heteroatoms. The lowest BCUT2D eigenvalue weighted by atomic mass is 10.1. The first-order valence-corrected chi connectivity index (χ1v) is 13.9. The summed E-state index contributed by atoms with van der Waals surface area (Å²) >= 11 is 0. The second kappa shape index (κ2) is 9.76. The van der Waals surface area contributed by atoms with Gasteiger partial charge in [0, 0.05) is 6.42 Å². The Balaban J connectivity index is 1.66. The zero-order valence-electron chi connectivity index (χ0n) is 18.7. The normalized spacial score (nSPS) is 21.0. The van der Waals surface area contributed by atoms with E-state index in [1.54, 1.807) is 24.3 Å². The molecule has 166 valence electrons.